The summed E-state index contributed by atoms with van der Waals surface area (Å²) in [6.07, 6.45) is 3.11. The third-order valence-corrected chi connectivity index (χ3v) is 5.99. The first-order chi connectivity index (χ1) is 17.0. The molecule has 0 spiro atoms. The zero-order valence-electron chi connectivity index (χ0n) is 19.2. The quantitative estimate of drug-likeness (QED) is 0.323. The Hall–Kier alpha value is -4.37. The van der Waals surface area contributed by atoms with E-state index in [1.165, 1.54) is 11.0 Å². The molecule has 5 aromatic rings. The molecule has 0 aliphatic heterocycles. The van der Waals surface area contributed by atoms with Gasteiger partial charge in [-0.1, -0.05) is 17.7 Å². The number of rotatable bonds is 5. The van der Waals surface area contributed by atoms with Crippen LogP contribution in [0, 0.1) is 6.92 Å². The Bertz CT molecular complexity index is 1580. The highest BCUT2D eigenvalue weighted by molar-refractivity contribution is 6.31. The SMILES string of the molecule is COc1cc2ncnc(Nc3ccc4c(cnn4C(=O)Nc4ccc(C)c(Cl)c4)c3)c2cc1OC. The molecule has 0 saturated carbocycles. The summed E-state index contributed by atoms with van der Waals surface area (Å²) in [6, 6.07) is 14.2. The van der Waals surface area contributed by atoms with Crippen LogP contribution in [0.4, 0.5) is 22.0 Å². The van der Waals surface area contributed by atoms with Crippen molar-refractivity contribution in [2.45, 2.75) is 6.92 Å². The monoisotopic (exact) mass is 488 g/mol. The van der Waals surface area contributed by atoms with Crippen molar-refractivity contribution in [3.05, 3.63) is 71.6 Å². The smallest absolute Gasteiger partial charge is 0.347 e. The summed E-state index contributed by atoms with van der Waals surface area (Å²) >= 11 is 6.17. The van der Waals surface area contributed by atoms with E-state index in [1.54, 1.807) is 38.6 Å². The van der Waals surface area contributed by atoms with Crippen molar-refractivity contribution in [1.82, 2.24) is 19.7 Å². The predicted octanol–water partition coefficient (Wildman–Crippen LogP) is 5.78. The molecule has 0 saturated heterocycles. The zero-order valence-corrected chi connectivity index (χ0v) is 19.9. The summed E-state index contributed by atoms with van der Waals surface area (Å²) in [7, 11) is 3.16. The Balaban J connectivity index is 1.43. The van der Waals surface area contributed by atoms with Crippen molar-refractivity contribution in [2.24, 2.45) is 0 Å². The number of aromatic nitrogens is 4. The van der Waals surface area contributed by atoms with E-state index in [9.17, 15) is 4.79 Å². The Morgan fingerprint density at radius 1 is 0.971 bits per heavy atom. The van der Waals surface area contributed by atoms with Gasteiger partial charge < -0.3 is 20.1 Å². The van der Waals surface area contributed by atoms with Gasteiger partial charge in [0, 0.05) is 33.2 Å². The summed E-state index contributed by atoms with van der Waals surface area (Å²) in [5, 5.41) is 12.5. The largest absolute Gasteiger partial charge is 0.493 e. The molecule has 3 aromatic carbocycles. The Morgan fingerprint density at radius 3 is 2.51 bits per heavy atom. The summed E-state index contributed by atoms with van der Waals surface area (Å²) in [5.74, 6) is 1.77. The highest BCUT2D eigenvalue weighted by Gasteiger charge is 2.14. The van der Waals surface area contributed by atoms with E-state index in [1.807, 2.05) is 37.3 Å². The first-order valence-electron chi connectivity index (χ1n) is 10.7. The fourth-order valence-corrected chi connectivity index (χ4v) is 3.92. The number of hydrogen-bond donors (Lipinski definition) is 2. The van der Waals surface area contributed by atoms with Gasteiger partial charge in [-0.2, -0.15) is 9.78 Å². The van der Waals surface area contributed by atoms with Crippen LogP contribution in [-0.4, -0.2) is 40.0 Å². The number of nitrogens with zero attached hydrogens (tertiary/aromatic N) is 4. The average Bonchev–Trinajstić information content (AvgIpc) is 3.29. The van der Waals surface area contributed by atoms with Gasteiger partial charge in [0.2, 0.25) is 0 Å². The number of anilines is 3. The van der Waals surface area contributed by atoms with Crippen LogP contribution in [0.2, 0.25) is 5.02 Å². The number of benzene rings is 3. The van der Waals surface area contributed by atoms with E-state index >= 15 is 0 Å². The summed E-state index contributed by atoms with van der Waals surface area (Å²) in [4.78, 5) is 21.5. The molecule has 0 fully saturated rings. The minimum atomic E-state index is -0.386. The maximum atomic E-state index is 12.8. The Kier molecular flexibility index (Phi) is 5.84. The van der Waals surface area contributed by atoms with Crippen LogP contribution in [0.5, 0.6) is 11.5 Å². The molecular formula is C25H21ClN6O3. The van der Waals surface area contributed by atoms with E-state index in [-0.39, 0.29) is 6.03 Å². The molecule has 176 valence electrons. The summed E-state index contributed by atoms with van der Waals surface area (Å²) in [6.45, 7) is 1.90. The highest BCUT2D eigenvalue weighted by Crippen LogP contribution is 2.34. The molecule has 0 atom stereocenters. The molecule has 2 N–H and O–H groups in total. The lowest BCUT2D eigenvalue weighted by Crippen LogP contribution is -2.20. The molecule has 0 bridgehead atoms. The van der Waals surface area contributed by atoms with Crippen LogP contribution in [0.3, 0.4) is 0 Å². The average molecular weight is 489 g/mol. The molecule has 10 heteroatoms. The second-order valence-electron chi connectivity index (χ2n) is 7.80. The van der Waals surface area contributed by atoms with Gasteiger partial charge in [-0.05, 0) is 48.9 Å². The lowest BCUT2D eigenvalue weighted by molar-refractivity contribution is 0.252. The third kappa shape index (κ3) is 4.29. The van der Waals surface area contributed by atoms with Gasteiger partial charge >= 0.3 is 6.03 Å². The van der Waals surface area contributed by atoms with Crippen molar-refractivity contribution >= 4 is 56.6 Å². The van der Waals surface area contributed by atoms with Crippen molar-refractivity contribution in [2.75, 3.05) is 24.9 Å². The van der Waals surface area contributed by atoms with Crippen molar-refractivity contribution < 1.29 is 14.3 Å². The normalized spacial score (nSPS) is 11.0. The lowest BCUT2D eigenvalue weighted by atomic mass is 10.2. The molecule has 9 nitrogen and oxygen atoms in total. The topological polar surface area (TPSA) is 103 Å². The Labute approximate surface area is 205 Å². The van der Waals surface area contributed by atoms with Crippen LogP contribution < -0.4 is 20.1 Å². The number of nitrogens with one attached hydrogen (secondary N) is 2. The van der Waals surface area contributed by atoms with E-state index < -0.39 is 0 Å². The fraction of sp³-hybridized carbons (Fsp3) is 0.120. The van der Waals surface area contributed by atoms with Crippen LogP contribution in [0.25, 0.3) is 21.8 Å². The molecule has 2 aromatic heterocycles. The van der Waals surface area contributed by atoms with Crippen LogP contribution >= 0.6 is 11.6 Å². The molecule has 1 amide bonds. The predicted molar refractivity (Wildman–Crippen MR) is 136 cm³/mol. The first kappa shape index (κ1) is 22.4. The molecular weight excluding hydrogens is 468 g/mol. The van der Waals surface area contributed by atoms with Crippen LogP contribution in [0.15, 0.2) is 61.1 Å². The van der Waals surface area contributed by atoms with Gasteiger partial charge in [-0.15, -0.1) is 0 Å². The first-order valence-corrected chi connectivity index (χ1v) is 11.0. The van der Waals surface area contributed by atoms with Gasteiger partial charge in [0.1, 0.15) is 12.1 Å². The number of amides is 1. The second-order valence-corrected chi connectivity index (χ2v) is 8.20. The minimum Gasteiger partial charge on any atom is -0.493 e. The molecule has 0 aliphatic rings. The number of carbonyl (C=O) groups excluding carboxylic acids is 1. The number of aryl methyl sites for hydroxylation is 1. The van der Waals surface area contributed by atoms with E-state index in [4.69, 9.17) is 21.1 Å². The number of methoxy groups -OCH3 is 2. The lowest BCUT2D eigenvalue weighted by Gasteiger charge is -2.12. The standard InChI is InChI=1S/C25H21ClN6O3/c1-14-4-5-17(9-19(14)26)31-25(33)32-21-7-6-16(8-15(21)12-29-32)30-24-18-10-22(34-2)23(35-3)11-20(18)27-13-28-24/h4-13H,1-3H3,(H,31,33)(H,27,28,30). The number of fused-ring (bicyclic) bond motifs is 2. The Morgan fingerprint density at radius 2 is 1.74 bits per heavy atom. The maximum absolute atomic E-state index is 12.8. The second kappa shape index (κ2) is 9.11. The van der Waals surface area contributed by atoms with Gasteiger partial charge in [0.05, 0.1) is 31.4 Å². The van der Waals surface area contributed by atoms with Gasteiger partial charge in [-0.3, -0.25) is 0 Å². The van der Waals surface area contributed by atoms with Crippen LogP contribution in [-0.2, 0) is 0 Å². The van der Waals surface area contributed by atoms with Crippen molar-refractivity contribution in [1.29, 1.82) is 0 Å². The minimum absolute atomic E-state index is 0.386. The van der Waals surface area contributed by atoms with Gasteiger partial charge in [-0.25, -0.2) is 14.8 Å². The maximum Gasteiger partial charge on any atom is 0.347 e. The molecule has 5 rings (SSSR count). The zero-order chi connectivity index (χ0) is 24.5. The van der Waals surface area contributed by atoms with Gasteiger partial charge in [0.25, 0.3) is 0 Å². The van der Waals surface area contributed by atoms with Gasteiger partial charge in [0.15, 0.2) is 11.5 Å². The van der Waals surface area contributed by atoms with E-state index in [2.05, 4.69) is 25.7 Å². The van der Waals surface area contributed by atoms with Crippen LogP contribution in [0.1, 0.15) is 5.56 Å². The molecule has 0 radical (unpaired) electrons. The van der Waals surface area contributed by atoms with Crippen molar-refractivity contribution in [3.8, 4) is 11.5 Å². The summed E-state index contributed by atoms with van der Waals surface area (Å²) < 4.78 is 12.1. The number of hydrogen-bond acceptors (Lipinski definition) is 7. The highest BCUT2D eigenvalue weighted by atomic mass is 35.5. The molecule has 0 unspecified atom stereocenters. The number of ether oxygens (including phenoxy) is 2. The summed E-state index contributed by atoms with van der Waals surface area (Å²) in [5.41, 5.74) is 3.67. The number of halogens is 1. The van der Waals surface area contributed by atoms with E-state index in [0.717, 1.165) is 22.0 Å². The molecule has 0 aliphatic carbocycles. The molecule has 35 heavy (non-hydrogen) atoms. The van der Waals surface area contributed by atoms with Crippen molar-refractivity contribution in [3.63, 3.8) is 0 Å². The van der Waals surface area contributed by atoms with E-state index in [0.29, 0.717) is 39.1 Å². The number of carbonyl (C=O) groups is 1. The fourth-order valence-electron chi connectivity index (χ4n) is 3.74. The molecule has 2 heterocycles. The third-order valence-electron chi connectivity index (χ3n) is 5.59.